The summed E-state index contributed by atoms with van der Waals surface area (Å²) in [6.45, 7) is 2.34. The summed E-state index contributed by atoms with van der Waals surface area (Å²) in [5.41, 5.74) is 0.826. The van der Waals surface area contributed by atoms with Crippen molar-refractivity contribution in [2.45, 2.75) is 32.4 Å². The largest absolute Gasteiger partial charge is 0.449 e. The van der Waals surface area contributed by atoms with Crippen LogP contribution in [0, 0.1) is 11.8 Å². The van der Waals surface area contributed by atoms with Crippen LogP contribution in [0.25, 0.3) is 0 Å². The van der Waals surface area contributed by atoms with Gasteiger partial charge in [0.15, 0.2) is 0 Å². The zero-order valence-corrected chi connectivity index (χ0v) is 18.4. The van der Waals surface area contributed by atoms with Gasteiger partial charge in [0.05, 0.1) is 11.1 Å². The normalized spacial score (nSPS) is 24.1. The number of hydrogen-bond acceptors (Lipinski definition) is 6. The van der Waals surface area contributed by atoms with Crippen LogP contribution >= 0.6 is 0 Å². The summed E-state index contributed by atoms with van der Waals surface area (Å²) in [6.07, 6.45) is 7.52. The molecule has 3 atom stereocenters. The standard InChI is InChI=1S/C24H25N3O6/c1-14-6-3-4-7-16(14)13-33-24(32)26(2)12-15-8-5-9-17-20(15)23(31)27(22(17)30)18-10-11-19(28)25-21(18)29/h3-9,14,16,18H,10-13H2,1-2H3,(H,25,28,29). The molecule has 9 heteroatoms. The van der Waals surface area contributed by atoms with Gasteiger partial charge in [-0.25, -0.2) is 4.79 Å². The smallest absolute Gasteiger partial charge is 0.409 e. The number of carbonyl (C=O) groups is 5. The minimum atomic E-state index is -1.04. The Hall–Kier alpha value is -3.75. The highest BCUT2D eigenvalue weighted by Crippen LogP contribution is 2.30. The van der Waals surface area contributed by atoms with Crippen molar-refractivity contribution in [2.75, 3.05) is 13.7 Å². The number of rotatable bonds is 5. The number of allylic oxidation sites excluding steroid dienone is 3. The Balaban J connectivity index is 1.46. The minimum absolute atomic E-state index is 0.0514. The van der Waals surface area contributed by atoms with E-state index in [0.29, 0.717) is 5.56 Å². The van der Waals surface area contributed by atoms with Gasteiger partial charge in [-0.3, -0.25) is 29.4 Å². The maximum Gasteiger partial charge on any atom is 0.409 e. The predicted octanol–water partition coefficient (Wildman–Crippen LogP) is 2.03. The molecule has 4 rings (SSSR count). The van der Waals surface area contributed by atoms with Crippen molar-refractivity contribution in [1.29, 1.82) is 0 Å². The molecule has 0 radical (unpaired) electrons. The van der Waals surface area contributed by atoms with Gasteiger partial charge in [0.1, 0.15) is 12.6 Å². The summed E-state index contributed by atoms with van der Waals surface area (Å²) in [7, 11) is 1.56. The highest BCUT2D eigenvalue weighted by Gasteiger charge is 2.45. The van der Waals surface area contributed by atoms with Crippen molar-refractivity contribution in [3.8, 4) is 0 Å². The van der Waals surface area contributed by atoms with Gasteiger partial charge < -0.3 is 9.64 Å². The number of carbonyl (C=O) groups excluding carboxylic acids is 5. The monoisotopic (exact) mass is 451 g/mol. The van der Waals surface area contributed by atoms with E-state index >= 15 is 0 Å². The molecule has 2 heterocycles. The van der Waals surface area contributed by atoms with Crippen molar-refractivity contribution < 1.29 is 28.7 Å². The molecule has 1 N–H and O–H groups in total. The van der Waals surface area contributed by atoms with Gasteiger partial charge in [-0.1, -0.05) is 43.4 Å². The van der Waals surface area contributed by atoms with Gasteiger partial charge in [0.2, 0.25) is 11.8 Å². The molecule has 0 spiro atoms. The van der Waals surface area contributed by atoms with Crippen molar-refractivity contribution in [2.24, 2.45) is 11.8 Å². The Kier molecular flexibility index (Phi) is 6.13. The summed E-state index contributed by atoms with van der Waals surface area (Å²) in [4.78, 5) is 64.6. The van der Waals surface area contributed by atoms with E-state index in [0.717, 1.165) is 4.90 Å². The molecule has 0 bridgehead atoms. The lowest BCUT2D eigenvalue weighted by Gasteiger charge is -2.28. The quantitative estimate of drug-likeness (QED) is 0.686. The van der Waals surface area contributed by atoms with E-state index in [-0.39, 0.29) is 49.0 Å². The second-order valence-electron chi connectivity index (χ2n) is 8.51. The van der Waals surface area contributed by atoms with Gasteiger partial charge in [-0.05, 0) is 24.0 Å². The number of ether oxygens (including phenoxy) is 1. The van der Waals surface area contributed by atoms with Crippen LogP contribution in [0.4, 0.5) is 4.79 Å². The topological polar surface area (TPSA) is 113 Å². The van der Waals surface area contributed by atoms with E-state index < -0.39 is 35.8 Å². The molecule has 1 aromatic carbocycles. The molecule has 33 heavy (non-hydrogen) atoms. The van der Waals surface area contributed by atoms with Crippen molar-refractivity contribution in [3.63, 3.8) is 0 Å². The second-order valence-corrected chi connectivity index (χ2v) is 8.51. The molecular formula is C24H25N3O6. The van der Waals surface area contributed by atoms with E-state index in [1.807, 2.05) is 31.2 Å². The van der Waals surface area contributed by atoms with Crippen molar-refractivity contribution in [3.05, 3.63) is 59.2 Å². The Morgan fingerprint density at radius 3 is 2.64 bits per heavy atom. The van der Waals surface area contributed by atoms with Crippen molar-refractivity contribution in [1.82, 2.24) is 15.1 Å². The Labute approximate surface area is 191 Å². The highest BCUT2D eigenvalue weighted by molar-refractivity contribution is 6.24. The van der Waals surface area contributed by atoms with E-state index in [1.165, 1.54) is 11.0 Å². The molecule has 172 valence electrons. The number of nitrogens with one attached hydrogen (secondary N) is 1. The number of imide groups is 2. The lowest BCUT2D eigenvalue weighted by Crippen LogP contribution is -2.54. The fourth-order valence-corrected chi connectivity index (χ4v) is 4.29. The molecule has 1 aromatic rings. The summed E-state index contributed by atoms with van der Waals surface area (Å²) in [5.74, 6) is -1.92. The number of hydrogen-bond donors (Lipinski definition) is 1. The summed E-state index contributed by atoms with van der Waals surface area (Å²) >= 11 is 0. The van der Waals surface area contributed by atoms with E-state index in [1.54, 1.807) is 19.2 Å². The number of benzene rings is 1. The van der Waals surface area contributed by atoms with Crippen LogP contribution in [0.5, 0.6) is 0 Å². The maximum absolute atomic E-state index is 13.2. The number of nitrogens with zero attached hydrogens (tertiary/aromatic N) is 2. The van der Waals surface area contributed by atoms with Gasteiger partial charge >= 0.3 is 6.09 Å². The first kappa shape index (κ1) is 22.4. The summed E-state index contributed by atoms with van der Waals surface area (Å²) < 4.78 is 5.45. The zero-order chi connectivity index (χ0) is 23.7. The number of piperidine rings is 1. The Morgan fingerprint density at radius 1 is 1.15 bits per heavy atom. The molecule has 2 aliphatic heterocycles. The first-order chi connectivity index (χ1) is 15.8. The zero-order valence-electron chi connectivity index (χ0n) is 18.4. The number of fused-ring (bicyclic) bond motifs is 1. The molecule has 3 unspecified atom stereocenters. The van der Waals surface area contributed by atoms with Crippen LogP contribution in [0.1, 0.15) is 46.0 Å². The van der Waals surface area contributed by atoms with Gasteiger partial charge in [0, 0.05) is 25.9 Å². The molecule has 1 aliphatic carbocycles. The molecular weight excluding hydrogens is 426 g/mol. The molecule has 0 saturated carbocycles. The lowest BCUT2D eigenvalue weighted by atomic mass is 9.91. The number of amides is 5. The summed E-state index contributed by atoms with van der Waals surface area (Å²) in [5, 5.41) is 2.18. The first-order valence-corrected chi connectivity index (χ1v) is 10.8. The van der Waals surface area contributed by atoms with Crippen LogP contribution < -0.4 is 5.32 Å². The van der Waals surface area contributed by atoms with Crippen LogP contribution in [-0.4, -0.2) is 59.2 Å². The van der Waals surface area contributed by atoms with Gasteiger partial charge in [-0.2, -0.15) is 0 Å². The van der Waals surface area contributed by atoms with Crippen LogP contribution in [0.15, 0.2) is 42.5 Å². The van der Waals surface area contributed by atoms with E-state index in [9.17, 15) is 24.0 Å². The molecule has 1 fully saturated rings. The third-order valence-electron chi connectivity index (χ3n) is 6.23. The lowest BCUT2D eigenvalue weighted by molar-refractivity contribution is -0.136. The van der Waals surface area contributed by atoms with Crippen LogP contribution in [0.3, 0.4) is 0 Å². The highest BCUT2D eigenvalue weighted by atomic mass is 16.6. The maximum atomic E-state index is 13.2. The average molecular weight is 451 g/mol. The fraction of sp³-hybridized carbons (Fsp3) is 0.375. The Morgan fingerprint density at radius 2 is 1.91 bits per heavy atom. The predicted molar refractivity (Wildman–Crippen MR) is 117 cm³/mol. The van der Waals surface area contributed by atoms with E-state index in [4.69, 9.17) is 4.74 Å². The SMILES string of the molecule is CC1C=CC=CC1COC(=O)N(C)Cc1cccc2c1C(=O)N(C1CCC(=O)NC1=O)C2=O. The third-order valence-corrected chi connectivity index (χ3v) is 6.23. The Bertz CT molecular complexity index is 1090. The molecule has 1 saturated heterocycles. The molecule has 5 amide bonds. The molecule has 3 aliphatic rings. The summed E-state index contributed by atoms with van der Waals surface area (Å²) in [6, 6.07) is 3.78. The second kappa shape index (κ2) is 9.01. The minimum Gasteiger partial charge on any atom is -0.449 e. The average Bonchev–Trinajstić information content (AvgIpc) is 3.04. The molecule has 0 aromatic heterocycles. The third kappa shape index (κ3) is 4.30. The molecule has 9 nitrogen and oxygen atoms in total. The van der Waals surface area contributed by atoms with Gasteiger partial charge in [-0.15, -0.1) is 0 Å². The van der Waals surface area contributed by atoms with Crippen molar-refractivity contribution >= 4 is 29.7 Å². The van der Waals surface area contributed by atoms with Gasteiger partial charge in [0.25, 0.3) is 11.8 Å². The van der Waals surface area contributed by atoms with Crippen LogP contribution in [-0.2, 0) is 20.9 Å². The van der Waals surface area contributed by atoms with E-state index in [2.05, 4.69) is 5.32 Å². The van der Waals surface area contributed by atoms with Crippen LogP contribution in [0.2, 0.25) is 0 Å². The fourth-order valence-electron chi connectivity index (χ4n) is 4.29. The first-order valence-electron chi connectivity index (χ1n) is 10.8.